The molecule has 2 heterocycles. The number of rotatable bonds is 8. The number of aryl methyl sites for hydroxylation is 1. The maximum Gasteiger partial charge on any atom is 0.227 e. The molecule has 10 heteroatoms. The molecule has 0 aliphatic heterocycles. The maximum atomic E-state index is 12.5. The number of hydrogen-bond donors (Lipinski definition) is 2. The smallest absolute Gasteiger partial charge is 0.227 e. The van der Waals surface area contributed by atoms with Crippen LogP contribution in [0.15, 0.2) is 34.2 Å². The lowest BCUT2D eigenvalue weighted by molar-refractivity contribution is -0.121. The first kappa shape index (κ1) is 23.9. The summed E-state index contributed by atoms with van der Waals surface area (Å²) in [7, 11) is 1.62. The van der Waals surface area contributed by atoms with Crippen molar-refractivity contribution in [1.29, 1.82) is 0 Å². The van der Waals surface area contributed by atoms with Gasteiger partial charge in [0.1, 0.15) is 11.3 Å². The number of carbonyl (C=O) groups excluding carboxylic acids is 2. The molecule has 0 saturated heterocycles. The molecule has 0 atom stereocenters. The molecule has 2 amide bonds. The maximum absolute atomic E-state index is 12.5. The van der Waals surface area contributed by atoms with Gasteiger partial charge in [-0.05, 0) is 25.0 Å². The second-order valence-corrected chi connectivity index (χ2v) is 9.33. The minimum absolute atomic E-state index is 0.108. The summed E-state index contributed by atoms with van der Waals surface area (Å²) < 4.78 is 10.8. The second-order valence-electron chi connectivity index (χ2n) is 8.48. The van der Waals surface area contributed by atoms with E-state index in [0.717, 1.165) is 55.5 Å². The molecule has 1 saturated carbocycles. The van der Waals surface area contributed by atoms with Crippen LogP contribution in [-0.4, -0.2) is 34.0 Å². The summed E-state index contributed by atoms with van der Waals surface area (Å²) in [6.07, 6.45) is 6.30. The van der Waals surface area contributed by atoms with Crippen LogP contribution in [-0.2, 0) is 21.5 Å². The molecule has 1 aliphatic rings. The van der Waals surface area contributed by atoms with Crippen molar-refractivity contribution in [2.24, 2.45) is 0 Å². The number of amides is 2. The van der Waals surface area contributed by atoms with Crippen molar-refractivity contribution in [2.45, 2.75) is 63.8 Å². The summed E-state index contributed by atoms with van der Waals surface area (Å²) in [5.41, 5.74) is 1.01. The molecule has 0 bridgehead atoms. The van der Waals surface area contributed by atoms with Crippen LogP contribution in [0.2, 0.25) is 0 Å². The van der Waals surface area contributed by atoms with Crippen molar-refractivity contribution in [2.75, 3.05) is 12.4 Å². The quantitative estimate of drug-likeness (QED) is 0.454. The standard InChI is InChI=1S/C24H29N5O4S/c1-16(30)28-24(13-7-3-4-8-14-24)22-27-21(33-29-22)12-11-20(31)26-23-25-18(15-34-23)17-9-5-6-10-19(17)32-2/h5-6,9-10,15H,3-4,7-8,11-14H2,1-2H3,(H,28,30)(H,25,26,31). The van der Waals surface area contributed by atoms with Crippen molar-refractivity contribution in [3.63, 3.8) is 0 Å². The number of hydrogen-bond acceptors (Lipinski definition) is 8. The number of benzene rings is 1. The van der Waals surface area contributed by atoms with E-state index in [4.69, 9.17) is 9.26 Å². The summed E-state index contributed by atoms with van der Waals surface area (Å²) in [6, 6.07) is 7.61. The van der Waals surface area contributed by atoms with Gasteiger partial charge in [0, 0.05) is 30.7 Å². The first-order chi connectivity index (χ1) is 16.5. The van der Waals surface area contributed by atoms with Crippen LogP contribution in [0, 0.1) is 0 Å². The summed E-state index contributed by atoms with van der Waals surface area (Å²) >= 11 is 1.35. The van der Waals surface area contributed by atoms with E-state index in [-0.39, 0.29) is 18.2 Å². The Labute approximate surface area is 202 Å². The molecular formula is C24H29N5O4S. The van der Waals surface area contributed by atoms with E-state index < -0.39 is 5.54 Å². The van der Waals surface area contributed by atoms with Gasteiger partial charge in [-0.2, -0.15) is 4.98 Å². The monoisotopic (exact) mass is 483 g/mol. The molecule has 180 valence electrons. The average Bonchev–Trinajstić information content (AvgIpc) is 3.43. The Bertz CT molecular complexity index is 1130. The number of nitrogens with one attached hydrogen (secondary N) is 2. The third-order valence-corrected chi connectivity index (χ3v) is 6.73. The fourth-order valence-electron chi connectivity index (χ4n) is 4.34. The van der Waals surface area contributed by atoms with Gasteiger partial charge in [-0.15, -0.1) is 11.3 Å². The number of thiazole rings is 1. The van der Waals surface area contributed by atoms with Crippen LogP contribution >= 0.6 is 11.3 Å². The predicted molar refractivity (Wildman–Crippen MR) is 129 cm³/mol. The van der Waals surface area contributed by atoms with Gasteiger partial charge < -0.3 is 19.9 Å². The molecule has 2 aromatic heterocycles. The van der Waals surface area contributed by atoms with E-state index in [2.05, 4.69) is 25.8 Å². The molecule has 0 unspecified atom stereocenters. The third-order valence-electron chi connectivity index (χ3n) is 5.97. The normalized spacial score (nSPS) is 15.4. The van der Waals surface area contributed by atoms with Gasteiger partial charge in [-0.1, -0.05) is 43.0 Å². The second kappa shape index (κ2) is 10.8. The number of carbonyl (C=O) groups is 2. The number of anilines is 1. The van der Waals surface area contributed by atoms with Crippen molar-refractivity contribution in [1.82, 2.24) is 20.4 Å². The zero-order valence-electron chi connectivity index (χ0n) is 19.4. The topological polar surface area (TPSA) is 119 Å². The Morgan fingerprint density at radius 2 is 1.91 bits per heavy atom. The summed E-state index contributed by atoms with van der Waals surface area (Å²) in [4.78, 5) is 33.4. The minimum Gasteiger partial charge on any atom is -0.496 e. The first-order valence-electron chi connectivity index (χ1n) is 11.5. The zero-order valence-corrected chi connectivity index (χ0v) is 20.2. The fourth-order valence-corrected chi connectivity index (χ4v) is 5.06. The van der Waals surface area contributed by atoms with E-state index in [1.54, 1.807) is 7.11 Å². The highest BCUT2D eigenvalue weighted by Gasteiger charge is 2.38. The summed E-state index contributed by atoms with van der Waals surface area (Å²) in [5, 5.41) is 12.5. The van der Waals surface area contributed by atoms with E-state index >= 15 is 0 Å². The highest BCUT2D eigenvalue weighted by Crippen LogP contribution is 2.35. The Hall–Kier alpha value is -3.27. The molecule has 4 rings (SSSR count). The fraction of sp³-hybridized carbons (Fsp3) is 0.458. The van der Waals surface area contributed by atoms with Gasteiger partial charge >= 0.3 is 0 Å². The molecule has 1 aliphatic carbocycles. The van der Waals surface area contributed by atoms with E-state index in [1.807, 2.05) is 29.6 Å². The van der Waals surface area contributed by atoms with Crippen LogP contribution in [0.25, 0.3) is 11.3 Å². The van der Waals surface area contributed by atoms with Crippen LogP contribution < -0.4 is 15.4 Å². The minimum atomic E-state index is -0.595. The Morgan fingerprint density at radius 3 is 2.65 bits per heavy atom. The number of ether oxygens (including phenoxy) is 1. The van der Waals surface area contributed by atoms with Crippen molar-refractivity contribution >= 4 is 28.3 Å². The van der Waals surface area contributed by atoms with Gasteiger partial charge in [-0.3, -0.25) is 9.59 Å². The molecule has 1 aromatic carbocycles. The SMILES string of the molecule is COc1ccccc1-c1csc(NC(=O)CCc2nc(C3(NC(C)=O)CCCCCC3)no2)n1. The van der Waals surface area contributed by atoms with Gasteiger partial charge in [-0.25, -0.2) is 4.98 Å². The highest BCUT2D eigenvalue weighted by atomic mass is 32.1. The van der Waals surface area contributed by atoms with E-state index in [9.17, 15) is 9.59 Å². The van der Waals surface area contributed by atoms with Gasteiger partial charge in [0.2, 0.25) is 17.7 Å². The molecule has 0 spiro atoms. The van der Waals surface area contributed by atoms with Crippen molar-refractivity contribution < 1.29 is 18.8 Å². The number of aromatic nitrogens is 3. The Morgan fingerprint density at radius 1 is 1.15 bits per heavy atom. The van der Waals surface area contributed by atoms with E-state index in [1.165, 1.54) is 18.3 Å². The van der Waals surface area contributed by atoms with Crippen molar-refractivity contribution in [3.8, 4) is 17.0 Å². The lowest BCUT2D eigenvalue weighted by atomic mass is 9.89. The predicted octanol–water partition coefficient (Wildman–Crippen LogP) is 4.46. The lowest BCUT2D eigenvalue weighted by Gasteiger charge is -2.30. The molecule has 2 N–H and O–H groups in total. The number of nitrogens with zero attached hydrogens (tertiary/aromatic N) is 3. The molecule has 3 aromatic rings. The zero-order chi connectivity index (χ0) is 24.0. The molecule has 1 fully saturated rings. The Kier molecular flexibility index (Phi) is 7.56. The third kappa shape index (κ3) is 5.61. The number of methoxy groups -OCH3 is 1. The Balaban J connectivity index is 1.37. The number of para-hydroxylation sites is 1. The van der Waals surface area contributed by atoms with Crippen LogP contribution in [0.4, 0.5) is 5.13 Å². The highest BCUT2D eigenvalue weighted by molar-refractivity contribution is 7.14. The van der Waals surface area contributed by atoms with E-state index in [0.29, 0.717) is 23.3 Å². The average molecular weight is 484 g/mol. The molecular weight excluding hydrogens is 454 g/mol. The van der Waals surface area contributed by atoms with Gasteiger partial charge in [0.15, 0.2) is 11.0 Å². The molecule has 9 nitrogen and oxygen atoms in total. The lowest BCUT2D eigenvalue weighted by Crippen LogP contribution is -2.45. The summed E-state index contributed by atoms with van der Waals surface area (Å²) in [5.74, 6) is 1.31. The van der Waals surface area contributed by atoms with Crippen molar-refractivity contribution in [3.05, 3.63) is 41.4 Å². The molecule has 34 heavy (non-hydrogen) atoms. The van der Waals surface area contributed by atoms with Crippen LogP contribution in [0.5, 0.6) is 5.75 Å². The molecule has 0 radical (unpaired) electrons. The largest absolute Gasteiger partial charge is 0.496 e. The van der Waals surface area contributed by atoms with Gasteiger partial charge in [0.05, 0.1) is 12.8 Å². The van der Waals surface area contributed by atoms with Gasteiger partial charge in [0.25, 0.3) is 0 Å². The summed E-state index contributed by atoms with van der Waals surface area (Å²) in [6.45, 7) is 1.51. The first-order valence-corrected chi connectivity index (χ1v) is 12.4. The van der Waals surface area contributed by atoms with Crippen LogP contribution in [0.3, 0.4) is 0 Å². The van der Waals surface area contributed by atoms with Crippen LogP contribution in [0.1, 0.15) is 63.6 Å².